The van der Waals surface area contributed by atoms with E-state index in [9.17, 15) is 18.5 Å². The summed E-state index contributed by atoms with van der Waals surface area (Å²) in [7, 11) is -2.91. The van der Waals surface area contributed by atoms with Gasteiger partial charge in [0.05, 0.1) is 18.6 Å². The van der Waals surface area contributed by atoms with Crippen LogP contribution in [0.15, 0.2) is 18.2 Å². The normalized spacial score (nSPS) is 19.0. The van der Waals surface area contributed by atoms with Crippen molar-refractivity contribution in [2.24, 2.45) is 0 Å². The van der Waals surface area contributed by atoms with Gasteiger partial charge in [-0.3, -0.25) is 4.90 Å². The standard InChI is InChI=1S/C13H20BNO5S/c1-20-13-4-3-12(14(16)17)9-11(13)10-15-5-2-7-21(18,19)8-6-15/h3-4,9,16-17H,2,5-8,10H2,1H3. The first-order valence-corrected chi connectivity index (χ1v) is 8.69. The van der Waals surface area contributed by atoms with Gasteiger partial charge in [-0.15, -0.1) is 0 Å². The van der Waals surface area contributed by atoms with Crippen LogP contribution in [0.3, 0.4) is 0 Å². The average Bonchev–Trinajstić information content (AvgIpc) is 2.60. The van der Waals surface area contributed by atoms with Crippen molar-refractivity contribution in [3.05, 3.63) is 23.8 Å². The van der Waals surface area contributed by atoms with Crippen molar-refractivity contribution >= 4 is 22.4 Å². The minimum absolute atomic E-state index is 0.164. The van der Waals surface area contributed by atoms with Crippen molar-refractivity contribution in [3.63, 3.8) is 0 Å². The van der Waals surface area contributed by atoms with E-state index in [1.807, 2.05) is 0 Å². The molecule has 116 valence electrons. The molecule has 6 nitrogen and oxygen atoms in total. The van der Waals surface area contributed by atoms with Crippen LogP contribution in [0.2, 0.25) is 0 Å². The Bertz CT molecular complexity index is 590. The molecule has 0 aromatic heterocycles. The molecular formula is C13H20BNO5S. The van der Waals surface area contributed by atoms with Gasteiger partial charge in [-0.1, -0.05) is 12.1 Å². The molecule has 1 saturated heterocycles. The highest BCUT2D eigenvalue weighted by Gasteiger charge is 2.21. The zero-order valence-electron chi connectivity index (χ0n) is 12.0. The third-order valence-corrected chi connectivity index (χ3v) is 5.36. The average molecular weight is 313 g/mol. The molecule has 0 bridgehead atoms. The van der Waals surface area contributed by atoms with Crippen LogP contribution < -0.4 is 10.2 Å². The van der Waals surface area contributed by atoms with E-state index in [2.05, 4.69) is 4.90 Å². The van der Waals surface area contributed by atoms with E-state index in [1.54, 1.807) is 25.3 Å². The largest absolute Gasteiger partial charge is 0.496 e. The molecular weight excluding hydrogens is 293 g/mol. The number of hydrogen-bond donors (Lipinski definition) is 2. The molecule has 0 atom stereocenters. The highest BCUT2D eigenvalue weighted by molar-refractivity contribution is 7.91. The van der Waals surface area contributed by atoms with Crippen molar-refractivity contribution in [2.75, 3.05) is 31.7 Å². The monoisotopic (exact) mass is 313 g/mol. The first kappa shape index (κ1) is 16.3. The molecule has 1 aromatic carbocycles. The van der Waals surface area contributed by atoms with Gasteiger partial charge in [0.1, 0.15) is 5.75 Å². The lowest BCUT2D eigenvalue weighted by molar-refractivity contribution is 0.281. The summed E-state index contributed by atoms with van der Waals surface area (Å²) in [5, 5.41) is 18.5. The van der Waals surface area contributed by atoms with Crippen LogP contribution in [-0.4, -0.2) is 62.2 Å². The fourth-order valence-electron chi connectivity index (χ4n) is 2.47. The Balaban J connectivity index is 2.16. The Morgan fingerprint density at radius 2 is 2.05 bits per heavy atom. The van der Waals surface area contributed by atoms with Crippen LogP contribution in [-0.2, 0) is 16.4 Å². The van der Waals surface area contributed by atoms with Crippen molar-refractivity contribution in [1.82, 2.24) is 4.90 Å². The molecule has 0 radical (unpaired) electrons. The molecule has 21 heavy (non-hydrogen) atoms. The van der Waals surface area contributed by atoms with E-state index in [4.69, 9.17) is 4.74 Å². The number of benzene rings is 1. The molecule has 1 fully saturated rings. The van der Waals surface area contributed by atoms with Gasteiger partial charge >= 0.3 is 7.12 Å². The number of nitrogens with zero attached hydrogens (tertiary/aromatic N) is 1. The van der Waals surface area contributed by atoms with Gasteiger partial charge < -0.3 is 14.8 Å². The van der Waals surface area contributed by atoms with Crippen LogP contribution in [0.5, 0.6) is 5.75 Å². The van der Waals surface area contributed by atoms with Gasteiger partial charge in [0.2, 0.25) is 0 Å². The maximum Gasteiger partial charge on any atom is 0.488 e. The van der Waals surface area contributed by atoms with Crippen molar-refractivity contribution in [3.8, 4) is 5.75 Å². The number of rotatable bonds is 4. The molecule has 1 aliphatic heterocycles. The van der Waals surface area contributed by atoms with Gasteiger partial charge in [0.15, 0.2) is 9.84 Å². The second kappa shape index (κ2) is 6.78. The predicted molar refractivity (Wildman–Crippen MR) is 81.4 cm³/mol. The smallest absolute Gasteiger partial charge is 0.488 e. The third-order valence-electron chi connectivity index (χ3n) is 3.64. The summed E-state index contributed by atoms with van der Waals surface area (Å²) in [5.74, 6) is 1.06. The molecule has 0 aliphatic carbocycles. The maximum atomic E-state index is 11.6. The first-order valence-electron chi connectivity index (χ1n) is 6.87. The second-order valence-corrected chi connectivity index (χ2v) is 7.53. The minimum atomic E-state index is -2.93. The Labute approximate surface area is 125 Å². The molecule has 2 N–H and O–H groups in total. The quantitative estimate of drug-likeness (QED) is 0.693. The summed E-state index contributed by atoms with van der Waals surface area (Å²) >= 11 is 0. The molecule has 8 heteroatoms. The maximum absolute atomic E-state index is 11.6. The fraction of sp³-hybridized carbons (Fsp3) is 0.538. The van der Waals surface area contributed by atoms with Gasteiger partial charge in [0, 0.05) is 18.7 Å². The number of sulfone groups is 1. The van der Waals surface area contributed by atoms with Crippen molar-refractivity contribution in [1.29, 1.82) is 0 Å². The number of hydrogen-bond acceptors (Lipinski definition) is 6. The Kier molecular flexibility index (Phi) is 5.26. The fourth-order valence-corrected chi connectivity index (χ4v) is 3.78. The van der Waals surface area contributed by atoms with Crippen LogP contribution in [0, 0.1) is 0 Å². The summed E-state index contributed by atoms with van der Waals surface area (Å²) in [6, 6.07) is 4.97. The SMILES string of the molecule is COc1ccc(B(O)O)cc1CN1CCCS(=O)(=O)CC1. The molecule has 0 unspecified atom stereocenters. The lowest BCUT2D eigenvalue weighted by Gasteiger charge is -2.21. The Morgan fingerprint density at radius 1 is 1.29 bits per heavy atom. The molecule has 1 aliphatic rings. The van der Waals surface area contributed by atoms with Crippen LogP contribution in [0.1, 0.15) is 12.0 Å². The lowest BCUT2D eigenvalue weighted by Crippen LogP contribution is -2.31. The van der Waals surface area contributed by atoms with Gasteiger partial charge in [-0.2, -0.15) is 0 Å². The van der Waals surface area contributed by atoms with E-state index in [-0.39, 0.29) is 11.5 Å². The molecule has 0 spiro atoms. The van der Waals surface area contributed by atoms with E-state index in [0.29, 0.717) is 37.3 Å². The number of ether oxygens (including phenoxy) is 1. The lowest BCUT2D eigenvalue weighted by atomic mass is 9.79. The Morgan fingerprint density at radius 3 is 2.71 bits per heavy atom. The highest BCUT2D eigenvalue weighted by Crippen LogP contribution is 2.19. The second-order valence-electron chi connectivity index (χ2n) is 5.23. The summed E-state index contributed by atoms with van der Waals surface area (Å²) in [6.07, 6.45) is 0.618. The summed E-state index contributed by atoms with van der Waals surface area (Å²) in [6.45, 7) is 1.71. The van der Waals surface area contributed by atoms with Gasteiger partial charge in [-0.25, -0.2) is 8.42 Å². The first-order chi connectivity index (χ1) is 9.91. The molecule has 1 aromatic rings. The molecule has 2 rings (SSSR count). The van der Waals surface area contributed by atoms with Crippen molar-refractivity contribution < 1.29 is 23.2 Å². The predicted octanol–water partition coefficient (Wildman–Crippen LogP) is -1.00. The van der Waals surface area contributed by atoms with E-state index < -0.39 is 17.0 Å². The molecule has 1 heterocycles. The van der Waals surface area contributed by atoms with E-state index >= 15 is 0 Å². The summed E-state index contributed by atoms with van der Waals surface area (Å²) < 4.78 is 28.5. The summed E-state index contributed by atoms with van der Waals surface area (Å²) in [5.41, 5.74) is 1.22. The van der Waals surface area contributed by atoms with Crippen molar-refractivity contribution in [2.45, 2.75) is 13.0 Å². The molecule has 0 saturated carbocycles. The Hall–Kier alpha value is -1.09. The minimum Gasteiger partial charge on any atom is -0.496 e. The number of methoxy groups -OCH3 is 1. The summed E-state index contributed by atoms with van der Waals surface area (Å²) in [4.78, 5) is 2.05. The molecule has 0 amide bonds. The van der Waals surface area contributed by atoms with E-state index in [1.165, 1.54) is 0 Å². The van der Waals surface area contributed by atoms with Gasteiger partial charge in [0.25, 0.3) is 0 Å². The zero-order valence-corrected chi connectivity index (χ0v) is 12.8. The zero-order chi connectivity index (χ0) is 15.5. The topological polar surface area (TPSA) is 87.1 Å². The van der Waals surface area contributed by atoms with E-state index in [0.717, 1.165) is 5.56 Å². The van der Waals surface area contributed by atoms with Crippen LogP contribution in [0.4, 0.5) is 0 Å². The van der Waals surface area contributed by atoms with Crippen LogP contribution in [0.25, 0.3) is 0 Å². The van der Waals surface area contributed by atoms with Crippen LogP contribution >= 0.6 is 0 Å². The highest BCUT2D eigenvalue weighted by atomic mass is 32.2. The third kappa shape index (κ3) is 4.44. The van der Waals surface area contributed by atoms with Gasteiger partial charge in [-0.05, 0) is 24.5 Å².